The number of ether oxygens (including phenoxy) is 2. The molecule has 1 atom stereocenters. The van der Waals surface area contributed by atoms with Gasteiger partial charge in [-0.2, -0.15) is 0 Å². The number of amides is 1. The molecule has 0 unspecified atom stereocenters. The zero-order valence-electron chi connectivity index (χ0n) is 14.9. The molecule has 1 amide bonds. The Morgan fingerprint density at radius 2 is 1.93 bits per heavy atom. The maximum atomic E-state index is 12.3. The number of nitrogens with one attached hydrogen (secondary N) is 1. The van der Waals surface area contributed by atoms with E-state index in [4.69, 9.17) is 9.47 Å². The molecule has 9 nitrogen and oxygen atoms in total. The number of aromatic hydroxyl groups is 1. The predicted molar refractivity (Wildman–Crippen MR) is 96.0 cm³/mol. The third-order valence-electron chi connectivity index (χ3n) is 3.68. The summed E-state index contributed by atoms with van der Waals surface area (Å²) in [7, 11) is 1.30. The van der Waals surface area contributed by atoms with Gasteiger partial charge in [0.2, 0.25) is 0 Å². The Kier molecular flexibility index (Phi) is 5.96. The number of phenols is 1. The van der Waals surface area contributed by atoms with Crippen LogP contribution in [0.25, 0.3) is 0 Å². The van der Waals surface area contributed by atoms with Crippen molar-refractivity contribution in [1.29, 1.82) is 0 Å². The van der Waals surface area contributed by atoms with Gasteiger partial charge in [-0.3, -0.25) is 14.9 Å². The van der Waals surface area contributed by atoms with Crippen molar-refractivity contribution in [2.75, 3.05) is 12.4 Å². The summed E-state index contributed by atoms with van der Waals surface area (Å²) in [6, 6.07) is 8.12. The lowest BCUT2D eigenvalue weighted by atomic mass is 10.1. The highest BCUT2D eigenvalue weighted by molar-refractivity contribution is 5.99. The largest absolute Gasteiger partial charge is 0.507 e. The first-order chi connectivity index (χ1) is 12.7. The Morgan fingerprint density at radius 1 is 1.22 bits per heavy atom. The number of hydrogen-bond donors (Lipinski definition) is 2. The summed E-state index contributed by atoms with van der Waals surface area (Å²) < 4.78 is 10.1. The summed E-state index contributed by atoms with van der Waals surface area (Å²) >= 11 is 0. The van der Waals surface area contributed by atoms with E-state index in [1.165, 1.54) is 38.3 Å². The van der Waals surface area contributed by atoms with Crippen LogP contribution in [0.4, 0.5) is 11.4 Å². The van der Waals surface area contributed by atoms with E-state index in [2.05, 4.69) is 5.32 Å². The van der Waals surface area contributed by atoms with Crippen LogP contribution < -0.4 is 10.1 Å². The lowest BCUT2D eigenvalue weighted by Crippen LogP contribution is -2.30. The lowest BCUT2D eigenvalue weighted by Gasteiger charge is -2.15. The van der Waals surface area contributed by atoms with Crippen molar-refractivity contribution in [1.82, 2.24) is 0 Å². The summed E-state index contributed by atoms with van der Waals surface area (Å²) in [5, 5.41) is 23.1. The quantitative estimate of drug-likeness (QED) is 0.452. The number of nitro groups is 1. The average Bonchev–Trinajstić information content (AvgIpc) is 2.61. The number of nitrogens with zero attached hydrogens (tertiary/aromatic N) is 1. The van der Waals surface area contributed by atoms with Crippen LogP contribution in [0.1, 0.15) is 22.8 Å². The molecule has 0 saturated heterocycles. The number of rotatable bonds is 6. The van der Waals surface area contributed by atoms with Gasteiger partial charge in [0.05, 0.1) is 23.8 Å². The first kappa shape index (κ1) is 19.7. The number of carbonyl (C=O) groups is 2. The lowest BCUT2D eigenvalue weighted by molar-refractivity contribution is -0.384. The second-order valence-electron chi connectivity index (χ2n) is 5.70. The summed E-state index contributed by atoms with van der Waals surface area (Å²) in [5.74, 6) is -1.68. The van der Waals surface area contributed by atoms with E-state index in [-0.39, 0.29) is 28.4 Å². The number of esters is 1. The van der Waals surface area contributed by atoms with Gasteiger partial charge in [0, 0.05) is 6.07 Å². The molecule has 0 saturated carbocycles. The Bertz CT molecular complexity index is 895. The number of methoxy groups -OCH3 is 1. The van der Waals surface area contributed by atoms with Crippen LogP contribution in [-0.2, 0) is 9.53 Å². The van der Waals surface area contributed by atoms with E-state index in [1.807, 2.05) is 0 Å². The minimum atomic E-state index is -1.18. The van der Waals surface area contributed by atoms with E-state index < -0.39 is 22.9 Å². The molecule has 2 aromatic rings. The number of aryl methyl sites for hydroxylation is 1. The fourth-order valence-electron chi connectivity index (χ4n) is 2.22. The molecule has 0 aliphatic carbocycles. The zero-order valence-corrected chi connectivity index (χ0v) is 14.9. The highest BCUT2D eigenvalue weighted by atomic mass is 16.6. The molecule has 0 fully saturated rings. The van der Waals surface area contributed by atoms with Crippen LogP contribution >= 0.6 is 0 Å². The zero-order chi connectivity index (χ0) is 20.1. The van der Waals surface area contributed by atoms with Crippen LogP contribution in [0.5, 0.6) is 11.5 Å². The van der Waals surface area contributed by atoms with Crippen molar-refractivity contribution >= 4 is 23.3 Å². The molecule has 0 aliphatic heterocycles. The number of benzene rings is 2. The second-order valence-corrected chi connectivity index (χ2v) is 5.70. The van der Waals surface area contributed by atoms with Gasteiger partial charge in [0.25, 0.3) is 11.6 Å². The fourth-order valence-corrected chi connectivity index (χ4v) is 2.22. The van der Waals surface area contributed by atoms with E-state index >= 15 is 0 Å². The Balaban J connectivity index is 2.09. The standard InChI is InChI=1S/C18H18N2O7/c1-10-4-6-13(15(21)8-10)18(23)27-11(2)17(22)19-14-7-5-12(20(24)25)9-16(14)26-3/h4-9,11,21H,1-3H3,(H,19,22)/t11-/m0/s1. The van der Waals surface area contributed by atoms with Crippen LogP contribution in [0, 0.1) is 17.0 Å². The molecular weight excluding hydrogens is 356 g/mol. The predicted octanol–water partition coefficient (Wildman–Crippen LogP) is 2.80. The number of phenolic OH excluding ortho intramolecular Hbond substituents is 1. The highest BCUT2D eigenvalue weighted by Gasteiger charge is 2.22. The molecule has 0 radical (unpaired) electrons. The normalized spacial score (nSPS) is 11.4. The van der Waals surface area contributed by atoms with Gasteiger partial charge < -0.3 is 19.9 Å². The third-order valence-corrected chi connectivity index (χ3v) is 3.68. The molecular formula is C18H18N2O7. The highest BCUT2D eigenvalue weighted by Crippen LogP contribution is 2.29. The number of nitro benzene ring substituents is 1. The molecule has 0 spiro atoms. The van der Waals surface area contributed by atoms with Crippen LogP contribution in [-0.4, -0.2) is 35.1 Å². The molecule has 9 heteroatoms. The topological polar surface area (TPSA) is 128 Å². The van der Waals surface area contributed by atoms with Gasteiger partial charge >= 0.3 is 5.97 Å². The van der Waals surface area contributed by atoms with Gasteiger partial charge in [-0.1, -0.05) is 6.07 Å². The SMILES string of the molecule is COc1cc([N+](=O)[O-])ccc1NC(=O)[C@H](C)OC(=O)c1ccc(C)cc1O. The molecule has 142 valence electrons. The van der Waals surface area contributed by atoms with Crippen LogP contribution in [0.2, 0.25) is 0 Å². The van der Waals surface area contributed by atoms with Gasteiger partial charge in [-0.05, 0) is 37.6 Å². The van der Waals surface area contributed by atoms with Crippen molar-refractivity contribution in [3.63, 3.8) is 0 Å². The first-order valence-corrected chi connectivity index (χ1v) is 7.86. The second kappa shape index (κ2) is 8.17. The Labute approximate surface area is 154 Å². The molecule has 0 heterocycles. The van der Waals surface area contributed by atoms with E-state index in [0.29, 0.717) is 0 Å². The van der Waals surface area contributed by atoms with E-state index in [0.717, 1.165) is 11.6 Å². The Morgan fingerprint density at radius 3 is 2.52 bits per heavy atom. The van der Waals surface area contributed by atoms with Crippen LogP contribution in [0.3, 0.4) is 0 Å². The van der Waals surface area contributed by atoms with Crippen molar-refractivity contribution in [2.45, 2.75) is 20.0 Å². The van der Waals surface area contributed by atoms with Gasteiger partial charge in [-0.25, -0.2) is 4.79 Å². The molecule has 2 rings (SSSR count). The molecule has 2 N–H and O–H groups in total. The van der Waals surface area contributed by atoms with Gasteiger partial charge in [0.1, 0.15) is 17.1 Å². The summed E-state index contributed by atoms with van der Waals surface area (Å²) in [5.41, 5.74) is 0.696. The van der Waals surface area contributed by atoms with E-state index in [1.54, 1.807) is 13.0 Å². The van der Waals surface area contributed by atoms with Gasteiger partial charge in [-0.15, -0.1) is 0 Å². The minimum absolute atomic E-state index is 0.0619. The third kappa shape index (κ3) is 4.72. The van der Waals surface area contributed by atoms with Crippen LogP contribution in [0.15, 0.2) is 36.4 Å². The molecule has 0 aromatic heterocycles. The number of non-ortho nitro benzene ring substituents is 1. The minimum Gasteiger partial charge on any atom is -0.507 e. The Hall–Kier alpha value is -3.62. The summed E-state index contributed by atoms with van der Waals surface area (Å²) in [4.78, 5) is 34.6. The monoisotopic (exact) mass is 374 g/mol. The number of carbonyl (C=O) groups excluding carboxylic acids is 2. The average molecular weight is 374 g/mol. The summed E-state index contributed by atoms with van der Waals surface area (Å²) in [6.45, 7) is 3.11. The maximum absolute atomic E-state index is 12.3. The van der Waals surface area contributed by atoms with Crippen molar-refractivity contribution in [2.24, 2.45) is 0 Å². The van der Waals surface area contributed by atoms with Crippen molar-refractivity contribution in [3.05, 3.63) is 57.6 Å². The van der Waals surface area contributed by atoms with Gasteiger partial charge in [0.15, 0.2) is 6.10 Å². The number of hydrogen-bond acceptors (Lipinski definition) is 7. The molecule has 27 heavy (non-hydrogen) atoms. The first-order valence-electron chi connectivity index (χ1n) is 7.86. The van der Waals surface area contributed by atoms with Crippen molar-refractivity contribution in [3.8, 4) is 11.5 Å². The molecule has 2 aromatic carbocycles. The molecule has 0 bridgehead atoms. The number of anilines is 1. The smallest absolute Gasteiger partial charge is 0.342 e. The summed E-state index contributed by atoms with van der Waals surface area (Å²) in [6.07, 6.45) is -1.18. The fraction of sp³-hybridized carbons (Fsp3) is 0.222. The van der Waals surface area contributed by atoms with Crippen molar-refractivity contribution < 1.29 is 29.1 Å². The van der Waals surface area contributed by atoms with E-state index in [9.17, 15) is 24.8 Å². The molecule has 0 aliphatic rings. The maximum Gasteiger partial charge on any atom is 0.342 e.